The molecule has 0 bridgehead atoms. The van der Waals surface area contributed by atoms with Crippen molar-refractivity contribution in [2.24, 2.45) is 0 Å². The minimum Gasteiger partial charge on any atom is -0.335 e. The lowest BCUT2D eigenvalue weighted by atomic mass is 10.2. The molecular weight excluding hydrogens is 369 g/mol. The maximum Gasteiger partial charge on any atom is 0.255 e. The van der Waals surface area contributed by atoms with Crippen molar-refractivity contribution in [3.05, 3.63) is 33.3 Å². The zero-order valence-corrected chi connectivity index (χ0v) is 13.1. The van der Waals surface area contributed by atoms with Crippen molar-refractivity contribution >= 4 is 49.4 Å². The minimum absolute atomic E-state index is 0.0262. The van der Waals surface area contributed by atoms with Crippen LogP contribution in [0.3, 0.4) is 0 Å². The Morgan fingerprint density at radius 1 is 1.53 bits per heavy atom. The SMILES string of the molecule is O=C(c1cc(Br)ccc1Cl)N1CCCC1CBr. The van der Waals surface area contributed by atoms with Crippen molar-refractivity contribution in [1.82, 2.24) is 4.90 Å². The molecule has 1 amide bonds. The van der Waals surface area contributed by atoms with E-state index >= 15 is 0 Å². The molecule has 1 heterocycles. The summed E-state index contributed by atoms with van der Waals surface area (Å²) in [6.45, 7) is 0.817. The van der Waals surface area contributed by atoms with E-state index in [9.17, 15) is 4.79 Å². The Balaban J connectivity index is 2.27. The van der Waals surface area contributed by atoms with Gasteiger partial charge in [0.05, 0.1) is 10.6 Å². The molecule has 17 heavy (non-hydrogen) atoms. The number of nitrogens with zero attached hydrogens (tertiary/aromatic N) is 1. The summed E-state index contributed by atoms with van der Waals surface area (Å²) in [6.07, 6.45) is 2.12. The number of halogens is 3. The highest BCUT2D eigenvalue weighted by Crippen LogP contribution is 2.26. The van der Waals surface area contributed by atoms with Gasteiger partial charge in [-0.25, -0.2) is 0 Å². The van der Waals surface area contributed by atoms with Crippen LogP contribution in [0.5, 0.6) is 0 Å². The summed E-state index contributed by atoms with van der Waals surface area (Å²) in [7, 11) is 0. The van der Waals surface area contributed by atoms with Gasteiger partial charge in [-0.2, -0.15) is 0 Å². The number of carbonyl (C=O) groups excluding carboxylic acids is 1. The van der Waals surface area contributed by atoms with Gasteiger partial charge in [-0.1, -0.05) is 43.5 Å². The summed E-state index contributed by atoms with van der Waals surface area (Å²) in [6, 6.07) is 5.66. The number of carbonyl (C=O) groups is 1. The largest absolute Gasteiger partial charge is 0.335 e. The van der Waals surface area contributed by atoms with Gasteiger partial charge in [0, 0.05) is 22.4 Å². The van der Waals surface area contributed by atoms with E-state index in [-0.39, 0.29) is 11.9 Å². The zero-order valence-electron chi connectivity index (χ0n) is 9.13. The smallest absolute Gasteiger partial charge is 0.255 e. The molecule has 0 radical (unpaired) electrons. The number of benzene rings is 1. The van der Waals surface area contributed by atoms with Crippen molar-refractivity contribution in [2.75, 3.05) is 11.9 Å². The van der Waals surface area contributed by atoms with Crippen LogP contribution in [0.25, 0.3) is 0 Å². The fraction of sp³-hybridized carbons (Fsp3) is 0.417. The highest BCUT2D eigenvalue weighted by atomic mass is 79.9. The first-order valence-electron chi connectivity index (χ1n) is 5.45. The molecule has 2 nitrogen and oxygen atoms in total. The van der Waals surface area contributed by atoms with Crippen LogP contribution in [0.15, 0.2) is 22.7 Å². The van der Waals surface area contributed by atoms with E-state index in [0.717, 1.165) is 29.2 Å². The molecule has 1 aromatic rings. The normalized spacial score (nSPS) is 19.7. The summed E-state index contributed by atoms with van der Waals surface area (Å²) >= 11 is 12.9. The fourth-order valence-electron chi connectivity index (χ4n) is 2.08. The average Bonchev–Trinajstić information content (AvgIpc) is 2.79. The van der Waals surface area contributed by atoms with E-state index < -0.39 is 0 Å². The van der Waals surface area contributed by atoms with Crippen LogP contribution in [0, 0.1) is 0 Å². The number of hydrogen-bond donors (Lipinski definition) is 0. The summed E-state index contributed by atoms with van der Waals surface area (Å²) in [5.41, 5.74) is 0.578. The molecule has 5 heteroatoms. The van der Waals surface area contributed by atoms with Crippen LogP contribution in [-0.2, 0) is 0 Å². The first kappa shape index (κ1) is 13.4. The second kappa shape index (κ2) is 5.72. The highest BCUT2D eigenvalue weighted by molar-refractivity contribution is 9.10. The first-order valence-corrected chi connectivity index (χ1v) is 7.74. The maximum absolute atomic E-state index is 12.4. The standard InChI is InChI=1S/C12H12Br2ClNO/c13-7-9-2-1-5-16(9)12(17)10-6-8(14)3-4-11(10)15/h3-4,6,9H,1-2,5,7H2. The fourth-order valence-corrected chi connectivity index (χ4v) is 3.31. The Kier molecular flexibility index (Phi) is 4.50. The van der Waals surface area contributed by atoms with E-state index in [1.807, 2.05) is 11.0 Å². The van der Waals surface area contributed by atoms with Crippen molar-refractivity contribution in [3.8, 4) is 0 Å². The second-order valence-corrected chi connectivity index (χ2v) is 6.04. The molecule has 2 rings (SSSR count). The lowest BCUT2D eigenvalue weighted by molar-refractivity contribution is 0.0750. The van der Waals surface area contributed by atoms with Gasteiger partial charge in [-0.3, -0.25) is 4.79 Å². The maximum atomic E-state index is 12.4. The van der Waals surface area contributed by atoms with Gasteiger partial charge in [0.1, 0.15) is 0 Å². The van der Waals surface area contributed by atoms with E-state index in [2.05, 4.69) is 31.9 Å². The third kappa shape index (κ3) is 2.85. The molecule has 0 saturated carbocycles. The van der Waals surface area contributed by atoms with E-state index in [1.54, 1.807) is 12.1 Å². The molecule has 0 spiro atoms. The summed E-state index contributed by atoms with van der Waals surface area (Å²) in [5, 5.41) is 1.34. The van der Waals surface area contributed by atoms with Crippen LogP contribution in [0.1, 0.15) is 23.2 Å². The zero-order chi connectivity index (χ0) is 12.4. The van der Waals surface area contributed by atoms with Crippen LogP contribution in [0.2, 0.25) is 5.02 Å². The average molecular weight is 381 g/mol. The van der Waals surface area contributed by atoms with E-state index in [4.69, 9.17) is 11.6 Å². The van der Waals surface area contributed by atoms with Gasteiger partial charge in [0.2, 0.25) is 0 Å². The Morgan fingerprint density at radius 3 is 3.00 bits per heavy atom. The van der Waals surface area contributed by atoms with Gasteiger partial charge in [0.15, 0.2) is 0 Å². The minimum atomic E-state index is 0.0262. The number of amides is 1. The summed E-state index contributed by atoms with van der Waals surface area (Å²) in [4.78, 5) is 14.3. The number of alkyl halides is 1. The first-order chi connectivity index (χ1) is 8.13. The van der Waals surface area contributed by atoms with Crippen molar-refractivity contribution in [1.29, 1.82) is 0 Å². The van der Waals surface area contributed by atoms with Crippen molar-refractivity contribution in [3.63, 3.8) is 0 Å². The lowest BCUT2D eigenvalue weighted by Crippen LogP contribution is -2.36. The number of hydrogen-bond acceptors (Lipinski definition) is 1. The molecule has 1 unspecified atom stereocenters. The predicted molar refractivity (Wildman–Crippen MR) is 77.0 cm³/mol. The Labute approximate surface area is 123 Å². The molecule has 1 aliphatic rings. The Bertz CT molecular complexity index is 439. The molecule has 1 aliphatic heterocycles. The van der Waals surface area contributed by atoms with E-state index in [1.165, 1.54) is 0 Å². The molecule has 0 aromatic heterocycles. The van der Waals surface area contributed by atoms with Gasteiger partial charge >= 0.3 is 0 Å². The third-order valence-corrected chi connectivity index (χ3v) is 4.55. The molecule has 1 aromatic carbocycles. The van der Waals surface area contributed by atoms with Gasteiger partial charge in [-0.05, 0) is 31.0 Å². The van der Waals surface area contributed by atoms with Gasteiger partial charge in [0.25, 0.3) is 5.91 Å². The molecule has 1 saturated heterocycles. The van der Waals surface area contributed by atoms with Crippen molar-refractivity contribution in [2.45, 2.75) is 18.9 Å². The van der Waals surface area contributed by atoms with Crippen LogP contribution < -0.4 is 0 Å². The molecule has 0 N–H and O–H groups in total. The molecule has 1 fully saturated rings. The molecular formula is C12H12Br2ClNO. The molecule has 92 valence electrons. The summed E-state index contributed by atoms with van der Waals surface area (Å²) in [5.74, 6) is 0.0262. The lowest BCUT2D eigenvalue weighted by Gasteiger charge is -2.23. The van der Waals surface area contributed by atoms with Crippen LogP contribution in [-0.4, -0.2) is 28.7 Å². The quantitative estimate of drug-likeness (QED) is 0.707. The molecule has 0 aliphatic carbocycles. The Hall–Kier alpha value is -0.0600. The predicted octanol–water partition coefficient (Wildman–Crippen LogP) is 4.10. The van der Waals surface area contributed by atoms with Gasteiger partial charge < -0.3 is 4.90 Å². The number of likely N-dealkylation sites (tertiary alicyclic amines) is 1. The highest BCUT2D eigenvalue weighted by Gasteiger charge is 2.29. The monoisotopic (exact) mass is 379 g/mol. The van der Waals surface area contributed by atoms with Crippen molar-refractivity contribution < 1.29 is 4.79 Å². The summed E-state index contributed by atoms with van der Waals surface area (Å²) < 4.78 is 0.875. The Morgan fingerprint density at radius 2 is 2.29 bits per heavy atom. The topological polar surface area (TPSA) is 20.3 Å². The third-order valence-electron chi connectivity index (χ3n) is 2.97. The van der Waals surface area contributed by atoms with Gasteiger partial charge in [-0.15, -0.1) is 0 Å². The van der Waals surface area contributed by atoms with Crippen LogP contribution >= 0.6 is 43.5 Å². The second-order valence-electron chi connectivity index (χ2n) is 4.07. The molecule has 1 atom stereocenters. The van der Waals surface area contributed by atoms with Crippen LogP contribution in [0.4, 0.5) is 0 Å². The van der Waals surface area contributed by atoms with E-state index in [0.29, 0.717) is 10.6 Å². The number of rotatable bonds is 2.